The molecule has 32 heavy (non-hydrogen) atoms. The maximum Gasteiger partial charge on any atom is 0.272 e. The van der Waals surface area contributed by atoms with Gasteiger partial charge in [0.2, 0.25) is 0 Å². The van der Waals surface area contributed by atoms with E-state index in [0.29, 0.717) is 23.7 Å². The van der Waals surface area contributed by atoms with E-state index in [1.807, 2.05) is 55.4 Å². The smallest absolute Gasteiger partial charge is 0.272 e. The number of rotatable bonds is 6. The lowest BCUT2D eigenvalue weighted by molar-refractivity contribution is 0.0939. The highest BCUT2D eigenvalue weighted by molar-refractivity contribution is 6.16. The van der Waals surface area contributed by atoms with Gasteiger partial charge in [0.25, 0.3) is 11.8 Å². The number of anilines is 2. The molecule has 2 N–H and O–H groups in total. The second kappa shape index (κ2) is 9.81. The van der Waals surface area contributed by atoms with E-state index < -0.39 is 0 Å². The minimum Gasteiger partial charge on any atom is -0.377 e. The van der Waals surface area contributed by atoms with Crippen LogP contribution < -0.4 is 15.5 Å². The van der Waals surface area contributed by atoms with E-state index in [0.717, 1.165) is 29.3 Å². The van der Waals surface area contributed by atoms with Crippen LogP contribution in [0.25, 0.3) is 10.8 Å². The molecule has 0 saturated heterocycles. The zero-order valence-electron chi connectivity index (χ0n) is 18.7. The Bertz CT molecular complexity index is 1120. The van der Waals surface area contributed by atoms with Crippen LogP contribution in [0.15, 0.2) is 54.7 Å². The molecule has 6 nitrogen and oxygen atoms in total. The predicted molar refractivity (Wildman–Crippen MR) is 129 cm³/mol. The average molecular weight is 431 g/mol. The number of carbonyl (C=O) groups is 2. The summed E-state index contributed by atoms with van der Waals surface area (Å²) in [6.07, 6.45) is 7.62. The summed E-state index contributed by atoms with van der Waals surface area (Å²) in [6.45, 7) is 0.652. The summed E-state index contributed by atoms with van der Waals surface area (Å²) < 4.78 is 0. The highest BCUT2D eigenvalue weighted by atomic mass is 16.2. The Morgan fingerprint density at radius 2 is 1.69 bits per heavy atom. The van der Waals surface area contributed by atoms with Crippen LogP contribution in [0.3, 0.4) is 0 Å². The number of aromatic nitrogens is 1. The molecular weight excluding hydrogens is 400 g/mol. The number of pyridine rings is 1. The highest BCUT2D eigenvalue weighted by Gasteiger charge is 2.20. The summed E-state index contributed by atoms with van der Waals surface area (Å²) in [4.78, 5) is 32.3. The third-order valence-corrected chi connectivity index (χ3v) is 6.17. The summed E-state index contributed by atoms with van der Waals surface area (Å²) in [7, 11) is 3.96. The van der Waals surface area contributed by atoms with Crippen LogP contribution in [0.1, 0.15) is 53.0 Å². The van der Waals surface area contributed by atoms with Gasteiger partial charge in [-0.05, 0) is 48.4 Å². The quantitative estimate of drug-likeness (QED) is 0.585. The number of benzene rings is 2. The molecule has 2 amide bonds. The highest BCUT2D eigenvalue weighted by Crippen LogP contribution is 2.29. The molecule has 3 aromatic rings. The van der Waals surface area contributed by atoms with Crippen molar-refractivity contribution in [3.8, 4) is 0 Å². The molecule has 0 aliphatic heterocycles. The molecule has 1 aromatic heterocycles. The number of amides is 2. The van der Waals surface area contributed by atoms with E-state index in [4.69, 9.17) is 0 Å². The van der Waals surface area contributed by atoms with Crippen molar-refractivity contribution in [3.05, 3.63) is 66.0 Å². The largest absolute Gasteiger partial charge is 0.377 e. The monoisotopic (exact) mass is 430 g/mol. The van der Waals surface area contributed by atoms with E-state index in [9.17, 15) is 9.59 Å². The van der Waals surface area contributed by atoms with E-state index >= 15 is 0 Å². The molecule has 1 heterocycles. The Kier molecular flexibility index (Phi) is 6.69. The van der Waals surface area contributed by atoms with Crippen LogP contribution in [0, 0.1) is 5.92 Å². The lowest BCUT2D eigenvalue weighted by Crippen LogP contribution is -2.31. The first-order valence-electron chi connectivity index (χ1n) is 11.3. The standard InChI is InChI=1S/C26H30N4O2/c1-30(2)23-15-14-21(19-11-6-7-12-20(19)23)25(31)29-22-13-8-16-27-24(22)26(32)28-17-18-9-4-3-5-10-18/h6-8,11-16,18H,3-5,9-10,17H2,1-2H3,(H,28,32)(H,29,31). The summed E-state index contributed by atoms with van der Waals surface area (Å²) >= 11 is 0. The number of nitrogens with one attached hydrogen (secondary N) is 2. The molecule has 0 unspecified atom stereocenters. The Hall–Kier alpha value is -3.41. The zero-order valence-corrected chi connectivity index (χ0v) is 18.7. The summed E-state index contributed by atoms with van der Waals surface area (Å²) in [6, 6.07) is 15.1. The van der Waals surface area contributed by atoms with E-state index in [-0.39, 0.29) is 17.5 Å². The molecule has 4 rings (SSSR count). The van der Waals surface area contributed by atoms with Crippen molar-refractivity contribution in [2.45, 2.75) is 32.1 Å². The van der Waals surface area contributed by atoms with Crippen molar-refractivity contribution in [3.63, 3.8) is 0 Å². The third kappa shape index (κ3) is 4.74. The third-order valence-electron chi connectivity index (χ3n) is 6.17. The lowest BCUT2D eigenvalue weighted by Gasteiger charge is -2.22. The van der Waals surface area contributed by atoms with Gasteiger partial charge >= 0.3 is 0 Å². The van der Waals surface area contributed by atoms with Gasteiger partial charge in [-0.2, -0.15) is 0 Å². The second-order valence-corrected chi connectivity index (χ2v) is 8.64. The van der Waals surface area contributed by atoms with Gasteiger partial charge in [-0.3, -0.25) is 9.59 Å². The molecule has 0 radical (unpaired) electrons. The van der Waals surface area contributed by atoms with E-state index in [1.165, 1.54) is 19.3 Å². The number of hydrogen-bond acceptors (Lipinski definition) is 4. The number of nitrogens with zero attached hydrogens (tertiary/aromatic N) is 2. The van der Waals surface area contributed by atoms with Gasteiger partial charge in [0.1, 0.15) is 0 Å². The lowest BCUT2D eigenvalue weighted by atomic mass is 9.89. The molecule has 1 aliphatic carbocycles. The predicted octanol–water partition coefficient (Wildman–Crippen LogP) is 4.86. The summed E-state index contributed by atoms with van der Waals surface area (Å²) in [5, 5.41) is 7.79. The van der Waals surface area contributed by atoms with Crippen molar-refractivity contribution >= 4 is 34.0 Å². The minimum atomic E-state index is -0.263. The van der Waals surface area contributed by atoms with Crippen molar-refractivity contribution in [1.29, 1.82) is 0 Å². The number of fused-ring (bicyclic) bond motifs is 1. The molecule has 2 aromatic carbocycles. The fourth-order valence-corrected chi connectivity index (χ4v) is 4.46. The minimum absolute atomic E-state index is 0.242. The normalized spacial score (nSPS) is 14.2. The summed E-state index contributed by atoms with van der Waals surface area (Å²) in [5.74, 6) is 0.0103. The average Bonchev–Trinajstić information content (AvgIpc) is 2.82. The van der Waals surface area contributed by atoms with Crippen LogP contribution in [-0.4, -0.2) is 37.4 Å². The topological polar surface area (TPSA) is 74.3 Å². The van der Waals surface area contributed by atoms with Crippen LogP contribution in [0.2, 0.25) is 0 Å². The first kappa shape index (κ1) is 21.8. The van der Waals surface area contributed by atoms with Crippen LogP contribution >= 0.6 is 0 Å². The molecule has 1 aliphatic rings. The molecule has 166 valence electrons. The molecule has 1 fully saturated rings. The van der Waals surface area contributed by atoms with Crippen molar-refractivity contribution in [2.75, 3.05) is 30.9 Å². The second-order valence-electron chi connectivity index (χ2n) is 8.64. The SMILES string of the molecule is CN(C)c1ccc(C(=O)Nc2cccnc2C(=O)NCC2CCCCC2)c2ccccc12. The first-order valence-corrected chi connectivity index (χ1v) is 11.3. The van der Waals surface area contributed by atoms with Gasteiger partial charge in [-0.25, -0.2) is 4.98 Å². The summed E-state index contributed by atoms with van der Waals surface area (Å²) in [5.41, 5.74) is 2.26. The van der Waals surface area contributed by atoms with Crippen molar-refractivity contribution in [1.82, 2.24) is 10.3 Å². The van der Waals surface area contributed by atoms with Crippen LogP contribution in [0.4, 0.5) is 11.4 Å². The van der Waals surface area contributed by atoms with Gasteiger partial charge in [-0.1, -0.05) is 43.5 Å². The van der Waals surface area contributed by atoms with Gasteiger partial charge in [0, 0.05) is 43.5 Å². The fourth-order valence-electron chi connectivity index (χ4n) is 4.46. The van der Waals surface area contributed by atoms with Gasteiger partial charge in [0.15, 0.2) is 5.69 Å². The maximum atomic E-state index is 13.2. The molecule has 0 spiro atoms. The molecule has 6 heteroatoms. The van der Waals surface area contributed by atoms with Crippen LogP contribution in [0.5, 0.6) is 0 Å². The Morgan fingerprint density at radius 3 is 2.44 bits per heavy atom. The van der Waals surface area contributed by atoms with Gasteiger partial charge < -0.3 is 15.5 Å². The Morgan fingerprint density at radius 1 is 0.938 bits per heavy atom. The molecule has 0 bridgehead atoms. The van der Waals surface area contributed by atoms with Crippen LogP contribution in [-0.2, 0) is 0 Å². The molecule has 1 saturated carbocycles. The maximum absolute atomic E-state index is 13.2. The zero-order chi connectivity index (χ0) is 22.5. The van der Waals surface area contributed by atoms with Gasteiger partial charge in [-0.15, -0.1) is 0 Å². The van der Waals surface area contributed by atoms with E-state index in [1.54, 1.807) is 18.3 Å². The fraction of sp³-hybridized carbons (Fsp3) is 0.346. The van der Waals surface area contributed by atoms with Gasteiger partial charge in [0.05, 0.1) is 5.69 Å². The molecular formula is C26H30N4O2. The number of hydrogen-bond donors (Lipinski definition) is 2. The Balaban J connectivity index is 1.54. The van der Waals surface area contributed by atoms with Crippen molar-refractivity contribution < 1.29 is 9.59 Å². The van der Waals surface area contributed by atoms with E-state index in [2.05, 4.69) is 15.6 Å². The number of carbonyl (C=O) groups excluding carboxylic acids is 2. The van der Waals surface area contributed by atoms with Crippen molar-refractivity contribution in [2.24, 2.45) is 5.92 Å². The first-order chi connectivity index (χ1) is 15.5. The Labute approximate surface area is 189 Å². The molecule has 0 atom stereocenters.